The Bertz CT molecular complexity index is 1470. The smallest absolute Gasteiger partial charge is 0.317 e. The summed E-state index contributed by atoms with van der Waals surface area (Å²) in [5, 5.41) is 17.2. The molecule has 1 saturated carbocycles. The molecule has 1 aliphatic heterocycles. The fraction of sp³-hybridized carbons (Fsp3) is 0.676. The minimum Gasteiger partial charge on any atom is -0.490 e. The molecule has 3 N–H and O–H groups in total. The van der Waals surface area contributed by atoms with Gasteiger partial charge in [0.15, 0.2) is 10.7 Å². The highest BCUT2D eigenvalue weighted by Gasteiger charge is 2.32. The Labute approximate surface area is 284 Å². The Kier molecular flexibility index (Phi) is 13.1. The van der Waals surface area contributed by atoms with Crippen molar-refractivity contribution >= 4 is 27.6 Å². The van der Waals surface area contributed by atoms with Gasteiger partial charge in [0.05, 0.1) is 30.4 Å². The van der Waals surface area contributed by atoms with Crippen LogP contribution in [0.1, 0.15) is 93.9 Å². The maximum Gasteiger partial charge on any atom is 0.317 e. The second-order valence-corrected chi connectivity index (χ2v) is 15.1. The number of nitrogens with zero attached hydrogens (tertiary/aromatic N) is 3. The highest BCUT2D eigenvalue weighted by Crippen LogP contribution is 2.30. The number of benzene rings is 1. The van der Waals surface area contributed by atoms with E-state index in [1.54, 1.807) is 42.8 Å². The van der Waals surface area contributed by atoms with E-state index in [4.69, 9.17) is 14.0 Å². The first-order valence-electron chi connectivity index (χ1n) is 17.1. The highest BCUT2D eigenvalue weighted by atomic mass is 32.2. The molecule has 2 heterocycles. The van der Waals surface area contributed by atoms with Crippen molar-refractivity contribution in [2.24, 2.45) is 5.92 Å². The number of aliphatic hydroxyl groups excluding tert-OH is 1. The number of urea groups is 1. The second kappa shape index (κ2) is 16.8. The van der Waals surface area contributed by atoms with Crippen LogP contribution in [0.15, 0.2) is 27.6 Å². The van der Waals surface area contributed by atoms with Crippen LogP contribution in [0.5, 0.6) is 5.75 Å². The number of rotatable bonds is 8. The summed E-state index contributed by atoms with van der Waals surface area (Å²) in [7, 11) is -2.32. The number of anilines is 1. The third kappa shape index (κ3) is 9.63. The molecule has 2 aliphatic rings. The molecule has 1 aromatic heterocycles. The molecule has 14 heteroatoms. The molecule has 268 valence electrons. The largest absolute Gasteiger partial charge is 0.490 e. The standard InChI is InChI=1S/C34H53N5O8S/c1-22-19-39(23(2)21-40)33(41)29-18-28(37-48(43,44)32-25(4)36-47-26(32)5)15-16-30(29)46-24(3)12-10-11-17-45-31(22)20-38(6)34(42)35-27-13-8-7-9-14-27/h15-16,18,22-24,27,31,37,40H,7-14,17,19-21H2,1-6H3,(H,35,42)/t22-,23-,24+,31-/m1/s1. The van der Waals surface area contributed by atoms with Crippen molar-refractivity contribution in [3.63, 3.8) is 0 Å². The van der Waals surface area contributed by atoms with Crippen molar-refractivity contribution in [1.29, 1.82) is 0 Å². The number of fused-ring (bicyclic) bond motifs is 1. The van der Waals surface area contributed by atoms with E-state index in [0.717, 1.165) is 38.5 Å². The summed E-state index contributed by atoms with van der Waals surface area (Å²) in [6.07, 6.45) is 7.11. The molecular formula is C34H53N5O8S. The average Bonchev–Trinajstić information content (AvgIpc) is 3.40. The van der Waals surface area contributed by atoms with Gasteiger partial charge in [0.1, 0.15) is 11.4 Å². The Morgan fingerprint density at radius 2 is 1.83 bits per heavy atom. The van der Waals surface area contributed by atoms with E-state index >= 15 is 0 Å². The molecule has 1 aromatic carbocycles. The fourth-order valence-corrected chi connectivity index (χ4v) is 7.78. The van der Waals surface area contributed by atoms with Gasteiger partial charge < -0.3 is 34.2 Å². The summed E-state index contributed by atoms with van der Waals surface area (Å²) < 4.78 is 46.9. The van der Waals surface area contributed by atoms with E-state index in [2.05, 4.69) is 15.2 Å². The lowest BCUT2D eigenvalue weighted by atomic mass is 9.96. The Hall–Kier alpha value is -3.36. The number of hydrogen-bond donors (Lipinski definition) is 3. The number of nitrogens with one attached hydrogen (secondary N) is 2. The molecule has 0 spiro atoms. The van der Waals surface area contributed by atoms with Gasteiger partial charge in [0.25, 0.3) is 15.9 Å². The summed E-state index contributed by atoms with van der Waals surface area (Å²) in [6, 6.07) is 4.08. The zero-order valence-corrected chi connectivity index (χ0v) is 30.0. The molecule has 0 bridgehead atoms. The first-order chi connectivity index (χ1) is 22.8. The van der Waals surface area contributed by atoms with Gasteiger partial charge in [-0.15, -0.1) is 0 Å². The van der Waals surface area contributed by atoms with Crippen LogP contribution in [0.25, 0.3) is 0 Å². The van der Waals surface area contributed by atoms with Crippen molar-refractivity contribution in [3.8, 4) is 5.75 Å². The van der Waals surface area contributed by atoms with Crippen LogP contribution in [0, 0.1) is 19.8 Å². The van der Waals surface area contributed by atoms with Crippen LogP contribution in [0.3, 0.4) is 0 Å². The summed E-state index contributed by atoms with van der Waals surface area (Å²) in [5.41, 5.74) is 0.542. The minimum atomic E-state index is -4.08. The number of aliphatic hydroxyl groups is 1. The van der Waals surface area contributed by atoms with Gasteiger partial charge in [-0.1, -0.05) is 31.3 Å². The molecule has 1 fully saturated rings. The van der Waals surface area contributed by atoms with Gasteiger partial charge >= 0.3 is 6.03 Å². The van der Waals surface area contributed by atoms with Crippen LogP contribution in [0.4, 0.5) is 10.5 Å². The quantitative estimate of drug-likeness (QED) is 0.351. The zero-order chi connectivity index (χ0) is 35.0. The van der Waals surface area contributed by atoms with Gasteiger partial charge in [0.2, 0.25) is 0 Å². The lowest BCUT2D eigenvalue weighted by molar-refractivity contribution is -0.0123. The number of carbonyl (C=O) groups is 2. The van der Waals surface area contributed by atoms with Gasteiger partial charge in [-0.25, -0.2) is 13.2 Å². The van der Waals surface area contributed by atoms with Crippen LogP contribution in [-0.2, 0) is 14.8 Å². The number of hydrogen-bond acceptors (Lipinski definition) is 9. The molecule has 4 rings (SSSR count). The van der Waals surface area contributed by atoms with Crippen molar-refractivity contribution in [3.05, 3.63) is 35.2 Å². The first kappa shape index (κ1) is 37.5. The molecule has 3 amide bonds. The summed E-state index contributed by atoms with van der Waals surface area (Å²) in [4.78, 5) is 30.7. The van der Waals surface area contributed by atoms with E-state index in [0.29, 0.717) is 25.3 Å². The fourth-order valence-electron chi connectivity index (χ4n) is 6.40. The predicted octanol–water partition coefficient (Wildman–Crippen LogP) is 4.86. The minimum absolute atomic E-state index is 0.0634. The molecule has 13 nitrogen and oxygen atoms in total. The number of amides is 3. The lowest BCUT2D eigenvalue weighted by Crippen LogP contribution is -2.50. The van der Waals surface area contributed by atoms with E-state index < -0.39 is 22.0 Å². The molecular weight excluding hydrogens is 638 g/mol. The van der Waals surface area contributed by atoms with Crippen LogP contribution in [-0.4, -0.2) is 98.1 Å². The van der Waals surface area contributed by atoms with Crippen molar-refractivity contribution in [2.45, 2.75) is 115 Å². The summed E-state index contributed by atoms with van der Waals surface area (Å²) in [5.74, 6) is -0.180. The summed E-state index contributed by atoms with van der Waals surface area (Å²) in [6.45, 7) is 9.46. The van der Waals surface area contributed by atoms with Crippen molar-refractivity contribution < 1.29 is 37.1 Å². The van der Waals surface area contributed by atoms with Crippen LogP contribution < -0.4 is 14.8 Å². The number of likely N-dealkylation sites (N-methyl/N-ethyl adjacent to an activating group) is 1. The number of ether oxygens (including phenoxy) is 2. The van der Waals surface area contributed by atoms with Crippen molar-refractivity contribution in [2.75, 3.05) is 38.1 Å². The third-order valence-electron chi connectivity index (χ3n) is 9.27. The van der Waals surface area contributed by atoms with Gasteiger partial charge in [-0.05, 0) is 78.0 Å². The monoisotopic (exact) mass is 691 g/mol. The summed E-state index contributed by atoms with van der Waals surface area (Å²) >= 11 is 0. The molecule has 4 atom stereocenters. The average molecular weight is 692 g/mol. The third-order valence-corrected chi connectivity index (χ3v) is 10.9. The Balaban J connectivity index is 1.62. The van der Waals surface area contributed by atoms with Crippen LogP contribution >= 0.6 is 0 Å². The predicted molar refractivity (Wildman–Crippen MR) is 182 cm³/mol. The lowest BCUT2D eigenvalue weighted by Gasteiger charge is -2.36. The first-order valence-corrected chi connectivity index (χ1v) is 18.6. The van der Waals surface area contributed by atoms with Gasteiger partial charge in [0, 0.05) is 44.4 Å². The van der Waals surface area contributed by atoms with E-state index in [1.165, 1.54) is 19.4 Å². The zero-order valence-electron chi connectivity index (χ0n) is 29.2. The number of sulfonamides is 1. The molecule has 0 unspecified atom stereocenters. The number of aryl methyl sites for hydroxylation is 2. The van der Waals surface area contributed by atoms with Gasteiger partial charge in [-0.3, -0.25) is 9.52 Å². The maximum absolute atomic E-state index is 14.4. The Morgan fingerprint density at radius 3 is 2.50 bits per heavy atom. The Morgan fingerprint density at radius 1 is 1.12 bits per heavy atom. The van der Waals surface area contributed by atoms with Crippen molar-refractivity contribution in [1.82, 2.24) is 20.3 Å². The molecule has 1 aliphatic carbocycles. The molecule has 48 heavy (non-hydrogen) atoms. The van der Waals surface area contributed by atoms with E-state index in [9.17, 15) is 23.1 Å². The van der Waals surface area contributed by atoms with E-state index in [-0.39, 0.29) is 71.0 Å². The highest BCUT2D eigenvalue weighted by molar-refractivity contribution is 7.92. The van der Waals surface area contributed by atoms with Gasteiger partial charge in [-0.2, -0.15) is 0 Å². The van der Waals surface area contributed by atoms with Crippen LogP contribution in [0.2, 0.25) is 0 Å². The SMILES string of the molecule is Cc1noc(C)c1S(=O)(=O)Nc1ccc2c(c1)C(=O)N([C@H](C)CO)C[C@@H](C)[C@@H](CN(C)C(=O)NC1CCCCC1)OCCCC[C@H](C)O2. The number of carbonyl (C=O) groups excluding carboxylic acids is 2. The van der Waals surface area contributed by atoms with E-state index in [1.807, 2.05) is 13.8 Å². The molecule has 0 saturated heterocycles. The number of aromatic nitrogens is 1. The molecule has 2 aromatic rings. The second-order valence-electron chi connectivity index (χ2n) is 13.4. The molecule has 0 radical (unpaired) electrons. The normalized spacial score (nSPS) is 22.6. The topological polar surface area (TPSA) is 164 Å². The maximum atomic E-state index is 14.4.